The lowest BCUT2D eigenvalue weighted by Crippen LogP contribution is -2.29. The first-order valence-electron chi connectivity index (χ1n) is 9.46. The van der Waals surface area contributed by atoms with Crippen molar-refractivity contribution in [2.75, 3.05) is 46.3 Å². The molecular formula is C17H32N6O4S2. The summed E-state index contributed by atoms with van der Waals surface area (Å²) in [6.07, 6.45) is 7.01. The molecule has 12 heteroatoms. The van der Waals surface area contributed by atoms with E-state index in [-0.39, 0.29) is 6.79 Å². The van der Waals surface area contributed by atoms with Crippen LogP contribution in [0.2, 0.25) is 0 Å². The van der Waals surface area contributed by atoms with Gasteiger partial charge >= 0.3 is 0 Å². The van der Waals surface area contributed by atoms with Crippen LogP contribution in [-0.4, -0.2) is 69.1 Å². The number of ether oxygens (including phenoxy) is 2. The molecule has 0 unspecified atom stereocenters. The molecule has 0 aliphatic heterocycles. The van der Waals surface area contributed by atoms with E-state index in [1.165, 1.54) is 0 Å². The van der Waals surface area contributed by atoms with Crippen molar-refractivity contribution in [3.63, 3.8) is 0 Å². The second-order valence-corrected chi connectivity index (χ2v) is 6.32. The van der Waals surface area contributed by atoms with E-state index in [0.717, 1.165) is 11.6 Å². The normalized spacial score (nSPS) is 11.0. The van der Waals surface area contributed by atoms with Crippen LogP contribution in [0.3, 0.4) is 0 Å². The molecule has 2 heterocycles. The summed E-state index contributed by atoms with van der Waals surface area (Å²) in [7, 11) is 0. The molecule has 0 saturated carbocycles. The number of hydrogen-bond donors (Lipinski definition) is 3. The SMILES string of the molecule is CC.NCCOCOOCCOCCN(Cc1nccn1S)Cc1nccn1S. The Balaban J connectivity index is 0.00000204. The highest BCUT2D eigenvalue weighted by molar-refractivity contribution is 7.78. The topological polar surface area (TPSA) is 102 Å². The predicted octanol–water partition coefficient (Wildman–Crippen LogP) is 1.39. The van der Waals surface area contributed by atoms with Gasteiger partial charge in [0.05, 0.1) is 32.9 Å². The Bertz CT molecular complexity index is 601. The van der Waals surface area contributed by atoms with Gasteiger partial charge in [-0.05, 0) is 0 Å². The van der Waals surface area contributed by atoms with Crippen LogP contribution in [0.15, 0.2) is 24.8 Å². The molecule has 2 rings (SSSR count). The summed E-state index contributed by atoms with van der Waals surface area (Å²) in [6.45, 7) is 8.08. The molecule has 0 bridgehead atoms. The maximum absolute atomic E-state index is 5.59. The highest BCUT2D eigenvalue weighted by Crippen LogP contribution is 2.09. The third kappa shape index (κ3) is 11.0. The van der Waals surface area contributed by atoms with Crippen molar-refractivity contribution in [1.82, 2.24) is 22.8 Å². The van der Waals surface area contributed by atoms with E-state index in [1.807, 2.05) is 13.8 Å². The number of rotatable bonds is 15. The fourth-order valence-corrected chi connectivity index (χ4v) is 2.50. The smallest absolute Gasteiger partial charge is 0.180 e. The lowest BCUT2D eigenvalue weighted by molar-refractivity contribution is -0.339. The third-order valence-electron chi connectivity index (χ3n) is 3.46. The summed E-state index contributed by atoms with van der Waals surface area (Å²) in [4.78, 5) is 20.5. The zero-order valence-corrected chi connectivity index (χ0v) is 18.8. The van der Waals surface area contributed by atoms with E-state index < -0.39 is 0 Å². The molecule has 0 spiro atoms. The Morgan fingerprint density at radius 2 is 1.52 bits per heavy atom. The highest BCUT2D eigenvalue weighted by Gasteiger charge is 2.13. The lowest BCUT2D eigenvalue weighted by Gasteiger charge is -2.21. The van der Waals surface area contributed by atoms with Gasteiger partial charge in [-0.25, -0.2) is 19.7 Å². The average Bonchev–Trinajstić information content (AvgIpc) is 3.33. The van der Waals surface area contributed by atoms with Gasteiger partial charge in [0.15, 0.2) is 6.79 Å². The van der Waals surface area contributed by atoms with Crippen molar-refractivity contribution in [2.24, 2.45) is 5.73 Å². The van der Waals surface area contributed by atoms with Crippen LogP contribution in [0.4, 0.5) is 0 Å². The fraction of sp³-hybridized carbons (Fsp3) is 0.647. The maximum Gasteiger partial charge on any atom is 0.180 e. The summed E-state index contributed by atoms with van der Waals surface area (Å²) in [5.41, 5.74) is 5.29. The first-order valence-corrected chi connectivity index (χ1v) is 10.3. The molecule has 2 aromatic rings. The summed E-state index contributed by atoms with van der Waals surface area (Å²) >= 11 is 8.70. The molecule has 0 amide bonds. The van der Waals surface area contributed by atoms with Crippen LogP contribution in [0.1, 0.15) is 25.5 Å². The van der Waals surface area contributed by atoms with Crippen LogP contribution in [-0.2, 0) is 32.3 Å². The Kier molecular flexibility index (Phi) is 14.9. The van der Waals surface area contributed by atoms with Crippen molar-refractivity contribution in [3.05, 3.63) is 36.4 Å². The van der Waals surface area contributed by atoms with Crippen LogP contribution in [0.25, 0.3) is 0 Å². The molecule has 0 saturated heterocycles. The van der Waals surface area contributed by atoms with Gasteiger partial charge in [-0.2, -0.15) is 0 Å². The van der Waals surface area contributed by atoms with Crippen molar-refractivity contribution < 1.29 is 19.2 Å². The second-order valence-electron chi connectivity index (χ2n) is 5.45. The number of thiol groups is 2. The monoisotopic (exact) mass is 448 g/mol. The molecule has 0 aliphatic rings. The van der Waals surface area contributed by atoms with Crippen LogP contribution in [0, 0.1) is 0 Å². The molecule has 0 aromatic carbocycles. The van der Waals surface area contributed by atoms with Crippen molar-refractivity contribution in [2.45, 2.75) is 26.9 Å². The number of hydrogen-bond acceptors (Lipinski definition) is 10. The number of nitrogens with two attached hydrogens (primary N) is 1. The minimum atomic E-state index is 0.0533. The number of nitrogens with zero attached hydrogens (tertiary/aromatic N) is 5. The maximum atomic E-state index is 5.59. The predicted molar refractivity (Wildman–Crippen MR) is 116 cm³/mol. The second kappa shape index (κ2) is 16.7. The summed E-state index contributed by atoms with van der Waals surface area (Å²) < 4.78 is 14.0. The van der Waals surface area contributed by atoms with Gasteiger partial charge in [0, 0.05) is 37.9 Å². The molecule has 0 atom stereocenters. The minimum absolute atomic E-state index is 0.0533. The van der Waals surface area contributed by atoms with Gasteiger partial charge in [-0.1, -0.05) is 39.5 Å². The molecule has 2 N–H and O–H groups in total. The van der Waals surface area contributed by atoms with E-state index >= 15 is 0 Å². The average molecular weight is 449 g/mol. The van der Waals surface area contributed by atoms with Gasteiger partial charge in [0.25, 0.3) is 0 Å². The number of imidazole rings is 2. The van der Waals surface area contributed by atoms with Crippen LogP contribution >= 0.6 is 25.6 Å². The largest absolute Gasteiger partial charge is 0.378 e. The Hall–Kier alpha value is -1.12. The zero-order valence-electron chi connectivity index (χ0n) is 17.0. The van der Waals surface area contributed by atoms with E-state index in [2.05, 4.69) is 40.5 Å². The van der Waals surface area contributed by atoms with Crippen molar-refractivity contribution >= 4 is 25.6 Å². The first kappa shape index (κ1) is 25.9. The number of aromatic nitrogens is 4. The zero-order chi connectivity index (χ0) is 21.3. The minimum Gasteiger partial charge on any atom is -0.378 e. The molecule has 0 fully saturated rings. The lowest BCUT2D eigenvalue weighted by atomic mass is 10.4. The molecule has 10 nitrogen and oxygen atoms in total. The first-order chi connectivity index (χ1) is 14.2. The van der Waals surface area contributed by atoms with Gasteiger partial charge in [0.1, 0.15) is 18.3 Å². The van der Waals surface area contributed by atoms with E-state index in [0.29, 0.717) is 52.6 Å². The van der Waals surface area contributed by atoms with Gasteiger partial charge < -0.3 is 15.2 Å². The fourth-order valence-electron chi connectivity index (χ4n) is 2.15. The molecule has 0 radical (unpaired) electrons. The summed E-state index contributed by atoms with van der Waals surface area (Å²) in [6, 6.07) is 0. The highest BCUT2D eigenvalue weighted by atomic mass is 32.1. The molecule has 29 heavy (non-hydrogen) atoms. The molecule has 2 aromatic heterocycles. The van der Waals surface area contributed by atoms with Crippen LogP contribution < -0.4 is 5.73 Å². The third-order valence-corrected chi connectivity index (χ3v) is 4.19. The van der Waals surface area contributed by atoms with Gasteiger partial charge in [-0.3, -0.25) is 12.8 Å². The van der Waals surface area contributed by atoms with Crippen molar-refractivity contribution in [1.29, 1.82) is 0 Å². The Morgan fingerprint density at radius 1 is 0.897 bits per heavy atom. The summed E-state index contributed by atoms with van der Waals surface area (Å²) in [5, 5.41) is 0. The van der Waals surface area contributed by atoms with Gasteiger partial charge in [0.2, 0.25) is 0 Å². The molecular weight excluding hydrogens is 416 g/mol. The molecule has 0 aliphatic carbocycles. The molecule has 166 valence electrons. The van der Waals surface area contributed by atoms with E-state index in [9.17, 15) is 0 Å². The Labute approximate surface area is 183 Å². The Morgan fingerprint density at radius 3 is 2.03 bits per heavy atom. The van der Waals surface area contributed by atoms with Crippen molar-refractivity contribution in [3.8, 4) is 0 Å². The summed E-state index contributed by atoms with van der Waals surface area (Å²) in [5.74, 6) is 1.68. The standard InChI is InChI=1S/C15H26N6O4S2.C2H6/c16-1-7-23-13-25-24-10-9-22-8-6-19(11-14-17-2-4-20(14)26)12-15-18-3-5-21(15)27;1-2/h2-5,26-27H,1,6-13,16H2;1-2H3. The van der Waals surface area contributed by atoms with Gasteiger partial charge in [-0.15, -0.1) is 0 Å². The van der Waals surface area contributed by atoms with E-state index in [4.69, 9.17) is 25.0 Å². The van der Waals surface area contributed by atoms with Crippen LogP contribution in [0.5, 0.6) is 0 Å². The quantitative estimate of drug-likeness (QED) is 0.124. The van der Waals surface area contributed by atoms with E-state index in [1.54, 1.807) is 32.7 Å².